The van der Waals surface area contributed by atoms with Gasteiger partial charge in [-0.05, 0) is 49.2 Å². The minimum absolute atomic E-state index is 0.00280. The van der Waals surface area contributed by atoms with Crippen LogP contribution in [0, 0.1) is 6.92 Å². The fourth-order valence-electron chi connectivity index (χ4n) is 2.87. The number of carbonyl (C=O) groups is 1. The van der Waals surface area contributed by atoms with Crippen molar-refractivity contribution in [3.05, 3.63) is 53.1 Å². The molecule has 0 aliphatic carbocycles. The Bertz CT molecular complexity index is 750. The lowest BCUT2D eigenvalue weighted by Gasteiger charge is -2.34. The highest BCUT2D eigenvalue weighted by atomic mass is 35.5. The topological polar surface area (TPSA) is 32.3 Å². The average Bonchev–Trinajstić information content (AvgIpc) is 2.57. The maximum Gasteiger partial charge on any atom is 0.243 e. The summed E-state index contributed by atoms with van der Waals surface area (Å²) >= 11 is 7.88. The third kappa shape index (κ3) is 3.87. The van der Waals surface area contributed by atoms with Gasteiger partial charge >= 0.3 is 0 Å². The second-order valence-electron chi connectivity index (χ2n) is 6.00. The molecule has 0 bridgehead atoms. The van der Waals surface area contributed by atoms with E-state index in [4.69, 9.17) is 11.6 Å². The summed E-state index contributed by atoms with van der Waals surface area (Å²) < 4.78 is 0. The molecule has 0 spiro atoms. The average molecular weight is 361 g/mol. The van der Waals surface area contributed by atoms with Crippen LogP contribution in [0.5, 0.6) is 0 Å². The molecule has 24 heavy (non-hydrogen) atoms. The third-order valence-electron chi connectivity index (χ3n) is 4.18. The Labute approximate surface area is 152 Å². The van der Waals surface area contributed by atoms with Crippen molar-refractivity contribution in [1.29, 1.82) is 0 Å². The predicted octanol–water partition coefficient (Wildman–Crippen LogP) is 4.98. The highest BCUT2D eigenvalue weighted by molar-refractivity contribution is 8.00. The van der Waals surface area contributed by atoms with Gasteiger partial charge in [0.1, 0.15) is 0 Å². The second kappa shape index (κ2) is 7.49. The zero-order chi connectivity index (χ0) is 17.1. The highest BCUT2D eigenvalue weighted by Gasteiger charge is 2.25. The lowest BCUT2D eigenvalue weighted by Crippen LogP contribution is -2.40. The molecule has 2 aromatic rings. The molecule has 1 aliphatic rings. The van der Waals surface area contributed by atoms with Crippen LogP contribution in [0.2, 0.25) is 5.02 Å². The Kier molecular flexibility index (Phi) is 5.36. The van der Waals surface area contributed by atoms with E-state index in [-0.39, 0.29) is 5.91 Å². The molecular formula is C19H21ClN2OS. The van der Waals surface area contributed by atoms with Crippen LogP contribution >= 0.6 is 23.4 Å². The number of carbonyl (C=O) groups excluding carboxylic acids is 1. The van der Waals surface area contributed by atoms with E-state index in [2.05, 4.69) is 35.3 Å². The first-order valence-electron chi connectivity index (χ1n) is 8.13. The number of anilines is 2. The molecule has 1 amide bonds. The van der Waals surface area contributed by atoms with Gasteiger partial charge in [0.25, 0.3) is 0 Å². The summed E-state index contributed by atoms with van der Waals surface area (Å²) in [4.78, 5) is 16.0. The molecule has 3 rings (SSSR count). The molecule has 126 valence electrons. The Hall–Kier alpha value is -1.65. The molecule has 1 N–H and O–H groups in total. The van der Waals surface area contributed by atoms with Crippen molar-refractivity contribution in [2.24, 2.45) is 0 Å². The van der Waals surface area contributed by atoms with Gasteiger partial charge in [-0.25, -0.2) is 0 Å². The Balaban J connectivity index is 1.74. The summed E-state index contributed by atoms with van der Waals surface area (Å²) in [6.07, 6.45) is 1.09. The smallest absolute Gasteiger partial charge is 0.243 e. The number of halogens is 1. The lowest BCUT2D eigenvalue weighted by molar-refractivity contribution is -0.115. The maximum absolute atomic E-state index is 12.5. The number of hydrogen-bond acceptors (Lipinski definition) is 3. The van der Waals surface area contributed by atoms with Crippen molar-refractivity contribution in [2.75, 3.05) is 23.3 Å². The van der Waals surface area contributed by atoms with Gasteiger partial charge in [0.05, 0.1) is 12.2 Å². The van der Waals surface area contributed by atoms with E-state index in [0.717, 1.165) is 29.9 Å². The van der Waals surface area contributed by atoms with Crippen molar-refractivity contribution in [3.63, 3.8) is 0 Å². The molecule has 0 saturated carbocycles. The number of amides is 1. The van der Waals surface area contributed by atoms with Crippen molar-refractivity contribution in [2.45, 2.75) is 30.4 Å². The van der Waals surface area contributed by atoms with Crippen molar-refractivity contribution in [3.8, 4) is 0 Å². The number of thioether (sulfide) groups is 1. The molecule has 0 unspecified atom stereocenters. The van der Waals surface area contributed by atoms with Gasteiger partial charge in [-0.3, -0.25) is 4.79 Å². The summed E-state index contributed by atoms with van der Waals surface area (Å²) in [7, 11) is 0. The van der Waals surface area contributed by atoms with Gasteiger partial charge in [0.2, 0.25) is 5.91 Å². The molecule has 1 atom stereocenters. The Morgan fingerprint density at radius 1 is 1.33 bits per heavy atom. The number of nitrogens with one attached hydrogen (secondary N) is 1. The molecular weight excluding hydrogens is 340 g/mol. The molecule has 0 aromatic heterocycles. The maximum atomic E-state index is 12.5. The SMILES string of the molecule is CC[C@H]1CN(CC(=O)Nc2ccc(Cl)cc2C)c2ccccc2S1. The van der Waals surface area contributed by atoms with Crippen LogP contribution in [0.15, 0.2) is 47.4 Å². The number of hydrogen-bond donors (Lipinski definition) is 1. The summed E-state index contributed by atoms with van der Waals surface area (Å²) in [5, 5.41) is 4.20. The number of aryl methyl sites for hydroxylation is 1. The monoisotopic (exact) mass is 360 g/mol. The Morgan fingerprint density at radius 3 is 2.88 bits per heavy atom. The van der Waals surface area contributed by atoms with Crippen molar-refractivity contribution < 1.29 is 4.79 Å². The van der Waals surface area contributed by atoms with Gasteiger partial charge < -0.3 is 10.2 Å². The lowest BCUT2D eigenvalue weighted by atomic mass is 10.2. The fourth-order valence-corrected chi connectivity index (χ4v) is 4.35. The van der Waals surface area contributed by atoms with E-state index in [1.165, 1.54) is 4.90 Å². The number of rotatable bonds is 4. The summed E-state index contributed by atoms with van der Waals surface area (Å²) in [6.45, 7) is 5.39. The minimum Gasteiger partial charge on any atom is -0.360 e. The van der Waals surface area contributed by atoms with E-state index < -0.39 is 0 Å². The van der Waals surface area contributed by atoms with Crippen LogP contribution < -0.4 is 10.2 Å². The van der Waals surface area contributed by atoms with Crippen LogP contribution in [0.3, 0.4) is 0 Å². The zero-order valence-corrected chi connectivity index (χ0v) is 15.5. The van der Waals surface area contributed by atoms with E-state index in [1.807, 2.05) is 36.9 Å². The summed E-state index contributed by atoms with van der Waals surface area (Å²) in [5.74, 6) is -0.00280. The molecule has 1 heterocycles. The molecule has 5 heteroatoms. The van der Waals surface area contributed by atoms with E-state index in [1.54, 1.807) is 6.07 Å². The highest BCUT2D eigenvalue weighted by Crippen LogP contribution is 2.39. The first-order valence-corrected chi connectivity index (χ1v) is 9.39. The predicted molar refractivity (Wildman–Crippen MR) is 103 cm³/mol. The van der Waals surface area contributed by atoms with Crippen molar-refractivity contribution in [1.82, 2.24) is 0 Å². The normalized spacial score (nSPS) is 16.6. The van der Waals surface area contributed by atoms with Gasteiger partial charge in [0, 0.05) is 27.4 Å². The van der Waals surface area contributed by atoms with Crippen LogP contribution in [0.1, 0.15) is 18.9 Å². The van der Waals surface area contributed by atoms with Gasteiger partial charge in [-0.2, -0.15) is 0 Å². The number of fused-ring (bicyclic) bond motifs is 1. The van der Waals surface area contributed by atoms with Gasteiger partial charge in [-0.1, -0.05) is 30.7 Å². The third-order valence-corrected chi connectivity index (χ3v) is 5.83. The van der Waals surface area contributed by atoms with E-state index in [9.17, 15) is 4.79 Å². The Morgan fingerprint density at radius 2 is 2.12 bits per heavy atom. The standard InChI is InChI=1S/C19H21ClN2OS/c1-3-15-11-22(17-6-4-5-7-18(17)24-15)12-19(23)21-16-9-8-14(20)10-13(16)2/h4-10,15H,3,11-12H2,1-2H3,(H,21,23)/t15-/m0/s1. The number of para-hydroxylation sites is 1. The van der Waals surface area contributed by atoms with E-state index >= 15 is 0 Å². The van der Waals surface area contributed by atoms with Crippen LogP contribution in [-0.2, 0) is 4.79 Å². The number of benzene rings is 2. The summed E-state index contributed by atoms with van der Waals surface area (Å²) in [6, 6.07) is 13.8. The number of nitrogens with zero attached hydrogens (tertiary/aromatic N) is 1. The molecule has 0 saturated heterocycles. The first-order chi connectivity index (χ1) is 11.6. The van der Waals surface area contributed by atoms with Gasteiger partial charge in [0.15, 0.2) is 0 Å². The van der Waals surface area contributed by atoms with Crippen LogP contribution in [-0.4, -0.2) is 24.2 Å². The van der Waals surface area contributed by atoms with E-state index in [0.29, 0.717) is 16.8 Å². The first kappa shape index (κ1) is 17.2. The molecule has 1 aliphatic heterocycles. The molecule has 3 nitrogen and oxygen atoms in total. The second-order valence-corrected chi connectivity index (χ2v) is 7.78. The van der Waals surface area contributed by atoms with Gasteiger partial charge in [-0.15, -0.1) is 11.8 Å². The summed E-state index contributed by atoms with van der Waals surface area (Å²) in [5.41, 5.74) is 2.93. The molecule has 2 aromatic carbocycles. The van der Waals surface area contributed by atoms with Crippen molar-refractivity contribution >= 4 is 40.6 Å². The minimum atomic E-state index is -0.00280. The quantitative estimate of drug-likeness (QED) is 0.834. The molecule has 0 fully saturated rings. The van der Waals surface area contributed by atoms with Crippen LogP contribution in [0.25, 0.3) is 0 Å². The largest absolute Gasteiger partial charge is 0.360 e. The zero-order valence-electron chi connectivity index (χ0n) is 13.9. The molecule has 0 radical (unpaired) electrons. The van der Waals surface area contributed by atoms with Crippen LogP contribution in [0.4, 0.5) is 11.4 Å². The fraction of sp³-hybridized carbons (Fsp3) is 0.316.